The van der Waals surface area contributed by atoms with E-state index in [0.717, 1.165) is 6.07 Å². The Labute approximate surface area is 117 Å². The van der Waals surface area contributed by atoms with Gasteiger partial charge in [-0.05, 0) is 37.3 Å². The normalized spacial score (nSPS) is 11.4. The molecule has 0 bridgehead atoms. The molecule has 20 heavy (non-hydrogen) atoms. The molecule has 1 N–H and O–H groups in total. The van der Waals surface area contributed by atoms with Crippen molar-refractivity contribution in [1.82, 2.24) is 9.78 Å². The molecule has 0 aliphatic heterocycles. The maximum Gasteiger partial charge on any atom is 0.435 e. The van der Waals surface area contributed by atoms with Crippen LogP contribution in [-0.4, -0.2) is 15.8 Å². The van der Waals surface area contributed by atoms with Gasteiger partial charge in [-0.3, -0.25) is 0 Å². The zero-order valence-corrected chi connectivity index (χ0v) is 11.0. The van der Waals surface area contributed by atoms with Crippen molar-refractivity contribution < 1.29 is 18.0 Å². The van der Waals surface area contributed by atoms with Gasteiger partial charge in [-0.1, -0.05) is 11.6 Å². The first-order valence-electron chi connectivity index (χ1n) is 5.48. The third-order valence-electron chi connectivity index (χ3n) is 2.47. The molecule has 1 amide bonds. The summed E-state index contributed by atoms with van der Waals surface area (Å²) < 4.78 is 38.1. The number of rotatable bonds is 1. The van der Waals surface area contributed by atoms with Crippen molar-refractivity contribution in [3.05, 3.63) is 46.7 Å². The van der Waals surface area contributed by atoms with Crippen molar-refractivity contribution in [2.24, 2.45) is 0 Å². The molecular weight excluding hydrogens is 295 g/mol. The summed E-state index contributed by atoms with van der Waals surface area (Å²) in [6, 6.07) is 6.19. The van der Waals surface area contributed by atoms with E-state index < -0.39 is 17.9 Å². The fourth-order valence-corrected chi connectivity index (χ4v) is 1.65. The number of anilines is 1. The van der Waals surface area contributed by atoms with Crippen LogP contribution in [0.2, 0.25) is 5.02 Å². The smallest absolute Gasteiger partial charge is 0.306 e. The highest BCUT2D eigenvalue weighted by atomic mass is 35.5. The Morgan fingerprint density at radius 2 is 1.90 bits per heavy atom. The number of nitrogens with zero attached hydrogens (tertiary/aromatic N) is 2. The molecule has 8 heteroatoms. The van der Waals surface area contributed by atoms with Gasteiger partial charge < -0.3 is 5.32 Å². The van der Waals surface area contributed by atoms with Gasteiger partial charge in [0.2, 0.25) is 0 Å². The van der Waals surface area contributed by atoms with E-state index in [1.54, 1.807) is 12.1 Å². The Morgan fingerprint density at radius 3 is 2.40 bits per heavy atom. The van der Waals surface area contributed by atoms with Gasteiger partial charge in [-0.25, -0.2) is 4.79 Å². The lowest BCUT2D eigenvalue weighted by Crippen LogP contribution is -2.22. The van der Waals surface area contributed by atoms with E-state index in [0.29, 0.717) is 15.4 Å². The number of benzene rings is 1. The summed E-state index contributed by atoms with van der Waals surface area (Å²) in [6.45, 7) is 1.36. The molecule has 0 fully saturated rings. The van der Waals surface area contributed by atoms with Crippen LogP contribution in [0.4, 0.5) is 23.7 Å². The topological polar surface area (TPSA) is 46.9 Å². The minimum absolute atomic E-state index is 0.0868. The Hall–Kier alpha value is -2.02. The summed E-state index contributed by atoms with van der Waals surface area (Å²) in [5.74, 6) is 0. The van der Waals surface area contributed by atoms with Gasteiger partial charge in [-0.2, -0.15) is 23.0 Å². The average Bonchev–Trinajstić information content (AvgIpc) is 2.74. The summed E-state index contributed by atoms with van der Waals surface area (Å²) in [5.41, 5.74) is -0.618. The molecular formula is C12H9ClF3N3O. The number of nitrogens with one attached hydrogen (secondary N) is 1. The predicted molar refractivity (Wildman–Crippen MR) is 67.8 cm³/mol. The zero-order chi connectivity index (χ0) is 14.9. The van der Waals surface area contributed by atoms with Crippen molar-refractivity contribution >= 4 is 23.3 Å². The molecule has 0 radical (unpaired) electrons. The minimum atomic E-state index is -4.59. The molecule has 1 aromatic carbocycles. The van der Waals surface area contributed by atoms with Gasteiger partial charge in [0.25, 0.3) is 0 Å². The standard InChI is InChI=1S/C12H9ClF3N3O/c1-7-6-10(12(14,15)16)18-19(7)11(20)17-9-4-2-8(13)3-5-9/h2-6H,1H3,(H,17,20). The average molecular weight is 304 g/mol. The van der Waals surface area contributed by atoms with Crippen LogP contribution in [0.15, 0.2) is 30.3 Å². The molecule has 0 aliphatic rings. The highest BCUT2D eigenvalue weighted by molar-refractivity contribution is 6.30. The highest BCUT2D eigenvalue weighted by Gasteiger charge is 2.35. The summed E-state index contributed by atoms with van der Waals surface area (Å²) in [6.07, 6.45) is -4.59. The third-order valence-corrected chi connectivity index (χ3v) is 2.72. The van der Waals surface area contributed by atoms with Crippen molar-refractivity contribution in [2.75, 3.05) is 5.32 Å². The molecule has 0 unspecified atom stereocenters. The van der Waals surface area contributed by atoms with Gasteiger partial charge in [0.05, 0.1) is 0 Å². The number of aromatic nitrogens is 2. The second-order valence-corrected chi connectivity index (χ2v) is 4.45. The van der Waals surface area contributed by atoms with Crippen LogP contribution in [0.1, 0.15) is 11.4 Å². The lowest BCUT2D eigenvalue weighted by Gasteiger charge is -2.06. The first kappa shape index (κ1) is 14.4. The summed E-state index contributed by atoms with van der Waals surface area (Å²) in [4.78, 5) is 11.8. The maximum atomic E-state index is 12.5. The quantitative estimate of drug-likeness (QED) is 0.867. The van der Waals surface area contributed by atoms with E-state index in [1.807, 2.05) is 0 Å². The lowest BCUT2D eigenvalue weighted by atomic mass is 10.3. The number of aryl methyl sites for hydroxylation is 1. The molecule has 4 nitrogen and oxygen atoms in total. The Balaban J connectivity index is 2.21. The Bertz CT molecular complexity index is 634. The molecule has 0 atom stereocenters. The van der Waals surface area contributed by atoms with Crippen LogP contribution in [0.3, 0.4) is 0 Å². The largest absolute Gasteiger partial charge is 0.435 e. The summed E-state index contributed by atoms with van der Waals surface area (Å²) >= 11 is 5.69. The Morgan fingerprint density at radius 1 is 1.30 bits per heavy atom. The van der Waals surface area contributed by atoms with E-state index >= 15 is 0 Å². The Kier molecular flexibility index (Phi) is 3.71. The molecule has 1 aromatic heterocycles. The molecule has 2 rings (SSSR count). The number of amides is 1. The number of carbonyl (C=O) groups is 1. The molecule has 2 aromatic rings. The first-order chi connectivity index (χ1) is 9.27. The number of hydrogen-bond donors (Lipinski definition) is 1. The van der Waals surface area contributed by atoms with E-state index in [1.165, 1.54) is 19.1 Å². The van der Waals surface area contributed by atoms with Gasteiger partial charge >= 0.3 is 12.2 Å². The van der Waals surface area contributed by atoms with Gasteiger partial charge in [0.1, 0.15) is 0 Å². The molecule has 0 saturated heterocycles. The van der Waals surface area contributed by atoms with Gasteiger partial charge in [0.15, 0.2) is 5.69 Å². The van der Waals surface area contributed by atoms with Crippen LogP contribution in [-0.2, 0) is 6.18 Å². The molecule has 106 valence electrons. The predicted octanol–water partition coefficient (Wildman–Crippen LogP) is 3.94. The highest BCUT2D eigenvalue weighted by Crippen LogP contribution is 2.28. The van der Waals surface area contributed by atoms with E-state index in [2.05, 4.69) is 10.4 Å². The minimum Gasteiger partial charge on any atom is -0.306 e. The second kappa shape index (κ2) is 5.16. The summed E-state index contributed by atoms with van der Waals surface area (Å²) in [7, 11) is 0. The fourth-order valence-electron chi connectivity index (χ4n) is 1.53. The van der Waals surface area contributed by atoms with E-state index in [4.69, 9.17) is 11.6 Å². The van der Waals surface area contributed by atoms with Crippen LogP contribution in [0.5, 0.6) is 0 Å². The molecule has 0 saturated carbocycles. The third kappa shape index (κ3) is 3.11. The number of carbonyl (C=O) groups excluding carboxylic acids is 1. The number of hydrogen-bond acceptors (Lipinski definition) is 2. The van der Waals surface area contributed by atoms with Crippen LogP contribution in [0.25, 0.3) is 0 Å². The van der Waals surface area contributed by atoms with E-state index in [9.17, 15) is 18.0 Å². The zero-order valence-electron chi connectivity index (χ0n) is 10.2. The van der Waals surface area contributed by atoms with Crippen molar-refractivity contribution in [2.45, 2.75) is 13.1 Å². The molecule has 0 spiro atoms. The van der Waals surface area contributed by atoms with Gasteiger partial charge in [0, 0.05) is 16.4 Å². The van der Waals surface area contributed by atoms with E-state index in [-0.39, 0.29) is 5.69 Å². The summed E-state index contributed by atoms with van der Waals surface area (Å²) in [5, 5.41) is 6.16. The van der Waals surface area contributed by atoms with Crippen LogP contribution in [0, 0.1) is 6.92 Å². The van der Waals surface area contributed by atoms with Crippen LogP contribution >= 0.6 is 11.6 Å². The molecule has 0 aliphatic carbocycles. The SMILES string of the molecule is Cc1cc(C(F)(F)F)nn1C(=O)Nc1ccc(Cl)cc1. The first-order valence-corrected chi connectivity index (χ1v) is 5.86. The van der Waals surface area contributed by atoms with Gasteiger partial charge in [-0.15, -0.1) is 0 Å². The number of halogens is 4. The van der Waals surface area contributed by atoms with Crippen molar-refractivity contribution in [3.8, 4) is 0 Å². The monoisotopic (exact) mass is 303 g/mol. The molecule has 1 heterocycles. The second-order valence-electron chi connectivity index (χ2n) is 4.02. The van der Waals surface area contributed by atoms with Crippen LogP contribution < -0.4 is 5.32 Å². The number of alkyl halides is 3. The van der Waals surface area contributed by atoms with Crippen molar-refractivity contribution in [3.63, 3.8) is 0 Å². The van der Waals surface area contributed by atoms with Crippen molar-refractivity contribution in [1.29, 1.82) is 0 Å². The lowest BCUT2D eigenvalue weighted by molar-refractivity contribution is -0.141. The fraction of sp³-hybridized carbons (Fsp3) is 0.167. The maximum absolute atomic E-state index is 12.5.